The highest BCUT2D eigenvalue weighted by Crippen LogP contribution is 2.28. The summed E-state index contributed by atoms with van der Waals surface area (Å²) in [4.78, 5) is 35.6. The molecule has 0 spiro atoms. The van der Waals surface area contributed by atoms with Gasteiger partial charge in [0.15, 0.2) is 46.5 Å². The smallest absolute Gasteiger partial charge is 0.266 e. The molecule has 33 heavy (non-hydrogen) atoms. The molecule has 0 aliphatic rings. The fourth-order valence-corrected chi connectivity index (χ4v) is 2.64. The van der Waals surface area contributed by atoms with Crippen molar-refractivity contribution in [3.05, 3.63) is 69.3 Å². The van der Waals surface area contributed by atoms with E-state index in [1.165, 1.54) is 0 Å². The maximum Gasteiger partial charge on any atom is 0.266 e. The lowest BCUT2D eigenvalue weighted by Crippen LogP contribution is -2.40. The Morgan fingerprint density at radius 2 is 0.818 bits per heavy atom. The van der Waals surface area contributed by atoms with Crippen molar-refractivity contribution >= 4 is 17.6 Å². The molecule has 0 saturated carbocycles. The maximum absolute atomic E-state index is 14.0. The molecule has 2 amide bonds. The van der Waals surface area contributed by atoms with E-state index in [1.807, 2.05) is 0 Å². The van der Waals surface area contributed by atoms with E-state index in [9.17, 15) is 58.3 Å². The van der Waals surface area contributed by atoms with Gasteiger partial charge in [0.25, 0.3) is 11.8 Å². The van der Waals surface area contributed by atoms with Crippen LogP contribution in [0, 0.1) is 58.2 Å². The average molecular weight is 489 g/mol. The van der Waals surface area contributed by atoms with Gasteiger partial charge in [0.2, 0.25) is 11.6 Å². The van der Waals surface area contributed by atoms with Gasteiger partial charge in [0.05, 0.1) is 0 Å². The molecule has 0 fully saturated rings. The predicted octanol–water partition coefficient (Wildman–Crippen LogP) is 4.73. The highest BCUT2D eigenvalue weighted by atomic mass is 19.2. The fraction of sp³-hybridized carbons (Fsp3) is 0.211. The summed E-state index contributed by atoms with van der Waals surface area (Å²) in [5, 5.41) is 0. The van der Waals surface area contributed by atoms with E-state index >= 15 is 0 Å². The van der Waals surface area contributed by atoms with Gasteiger partial charge in [-0.1, -0.05) is 0 Å². The highest BCUT2D eigenvalue weighted by Gasteiger charge is 2.38. The van der Waals surface area contributed by atoms with Crippen LogP contribution in [0.4, 0.5) is 43.9 Å². The van der Waals surface area contributed by atoms with Crippen LogP contribution in [0.15, 0.2) is 0 Å². The Morgan fingerprint density at radius 1 is 0.545 bits per heavy atom. The van der Waals surface area contributed by atoms with Crippen LogP contribution < -0.4 is 0 Å². The van der Waals surface area contributed by atoms with Gasteiger partial charge in [-0.05, 0) is 13.3 Å². The minimum absolute atomic E-state index is 0.453. The SMILES string of the molecule is CC(=O)CCCN(C(=O)c1c(F)c(F)c(F)c(F)c1F)C(=O)c1c(F)c(F)c(F)c(F)c1F. The lowest BCUT2D eigenvalue weighted by molar-refractivity contribution is -0.117. The van der Waals surface area contributed by atoms with Crippen molar-refractivity contribution in [1.82, 2.24) is 4.90 Å². The summed E-state index contributed by atoms with van der Waals surface area (Å²) in [5.74, 6) is -31.9. The Kier molecular flexibility index (Phi) is 7.50. The summed E-state index contributed by atoms with van der Waals surface area (Å²) in [6, 6.07) is 0. The molecule has 2 aromatic carbocycles. The molecule has 0 bridgehead atoms. The number of Topliss-reactive ketones (excluding diaryl/α,β-unsaturated/α-hetero) is 1. The third-order valence-electron chi connectivity index (χ3n) is 4.25. The Balaban J connectivity index is 2.71. The van der Waals surface area contributed by atoms with Crippen molar-refractivity contribution in [2.75, 3.05) is 6.54 Å². The number of imide groups is 1. The molecule has 0 radical (unpaired) electrons. The first-order valence-corrected chi connectivity index (χ1v) is 8.62. The summed E-state index contributed by atoms with van der Waals surface area (Å²) in [6.45, 7) is -0.113. The standard InChI is InChI=1S/C19H9F10NO3/c1-5(31)3-2-4-30(18(32)6-8(20)12(24)16(28)13(25)9(6)21)19(33)7-10(22)14(26)17(29)15(27)11(7)23/h2-4H2,1H3. The third kappa shape index (κ3) is 4.54. The van der Waals surface area contributed by atoms with Crippen molar-refractivity contribution in [3.8, 4) is 0 Å². The molecular formula is C19H9F10NO3. The summed E-state index contributed by atoms with van der Waals surface area (Å²) >= 11 is 0. The molecular weight excluding hydrogens is 480 g/mol. The van der Waals surface area contributed by atoms with Crippen LogP contribution in [-0.4, -0.2) is 29.0 Å². The van der Waals surface area contributed by atoms with Gasteiger partial charge in [0.1, 0.15) is 16.9 Å². The van der Waals surface area contributed by atoms with Crippen LogP contribution >= 0.6 is 0 Å². The summed E-state index contributed by atoms with van der Waals surface area (Å²) in [5.41, 5.74) is -4.46. The van der Waals surface area contributed by atoms with Crippen molar-refractivity contribution in [1.29, 1.82) is 0 Å². The quantitative estimate of drug-likeness (QED) is 0.255. The van der Waals surface area contributed by atoms with Crippen molar-refractivity contribution < 1.29 is 58.3 Å². The Morgan fingerprint density at radius 3 is 1.09 bits per heavy atom. The van der Waals surface area contributed by atoms with E-state index in [1.54, 1.807) is 0 Å². The van der Waals surface area contributed by atoms with Crippen LogP contribution in [0.3, 0.4) is 0 Å². The number of carbonyl (C=O) groups is 3. The number of rotatable bonds is 6. The predicted molar refractivity (Wildman–Crippen MR) is 87.7 cm³/mol. The van der Waals surface area contributed by atoms with Gasteiger partial charge in [0, 0.05) is 13.0 Å². The van der Waals surface area contributed by atoms with E-state index in [0.29, 0.717) is 0 Å². The molecule has 178 valence electrons. The highest BCUT2D eigenvalue weighted by molar-refractivity contribution is 6.10. The number of hydrogen-bond acceptors (Lipinski definition) is 3. The normalized spacial score (nSPS) is 11.0. The molecule has 14 heteroatoms. The fourth-order valence-electron chi connectivity index (χ4n) is 2.64. The molecule has 0 atom stereocenters. The van der Waals surface area contributed by atoms with Crippen LogP contribution in [0.25, 0.3) is 0 Å². The molecule has 4 nitrogen and oxygen atoms in total. The second kappa shape index (κ2) is 9.58. The van der Waals surface area contributed by atoms with Gasteiger partial charge in [-0.2, -0.15) is 0 Å². The van der Waals surface area contributed by atoms with Crippen LogP contribution in [0.1, 0.15) is 40.5 Å². The number of nitrogens with zero attached hydrogens (tertiary/aromatic N) is 1. The van der Waals surface area contributed by atoms with E-state index in [4.69, 9.17) is 0 Å². The van der Waals surface area contributed by atoms with Crippen molar-refractivity contribution in [2.45, 2.75) is 19.8 Å². The van der Waals surface area contributed by atoms with Crippen LogP contribution in [0.5, 0.6) is 0 Å². The first-order chi connectivity index (χ1) is 15.2. The molecule has 0 aromatic heterocycles. The van der Waals surface area contributed by atoms with Gasteiger partial charge in [-0.25, -0.2) is 43.9 Å². The van der Waals surface area contributed by atoms with Gasteiger partial charge in [-0.15, -0.1) is 0 Å². The van der Waals surface area contributed by atoms with E-state index < -0.39 is 111 Å². The monoisotopic (exact) mass is 489 g/mol. The van der Waals surface area contributed by atoms with Crippen molar-refractivity contribution in [3.63, 3.8) is 0 Å². The summed E-state index contributed by atoms with van der Waals surface area (Å²) in [6.07, 6.45) is -1.01. The molecule has 0 aliphatic carbocycles. The first-order valence-electron chi connectivity index (χ1n) is 8.62. The second-order valence-corrected chi connectivity index (χ2v) is 6.46. The lowest BCUT2D eigenvalue weighted by atomic mass is 10.1. The van der Waals surface area contributed by atoms with E-state index in [2.05, 4.69) is 0 Å². The van der Waals surface area contributed by atoms with Crippen molar-refractivity contribution in [2.24, 2.45) is 0 Å². The number of hydrogen-bond donors (Lipinski definition) is 0. The second-order valence-electron chi connectivity index (χ2n) is 6.46. The Hall–Kier alpha value is -3.45. The number of benzene rings is 2. The number of carbonyl (C=O) groups excluding carboxylic acids is 3. The molecule has 0 heterocycles. The minimum Gasteiger partial charge on any atom is -0.300 e. The van der Waals surface area contributed by atoms with Gasteiger partial charge >= 0.3 is 0 Å². The Labute approximate surface area is 177 Å². The minimum atomic E-state index is -2.69. The zero-order valence-electron chi connectivity index (χ0n) is 16.1. The lowest BCUT2D eigenvalue weighted by Gasteiger charge is -2.22. The molecule has 2 rings (SSSR count). The Bertz CT molecular complexity index is 1040. The molecule has 2 aromatic rings. The zero-order valence-corrected chi connectivity index (χ0v) is 16.1. The topological polar surface area (TPSA) is 54.5 Å². The first kappa shape index (κ1) is 25.8. The molecule has 0 unspecified atom stereocenters. The molecule has 0 N–H and O–H groups in total. The molecule has 0 saturated heterocycles. The van der Waals surface area contributed by atoms with E-state index in [0.717, 1.165) is 6.92 Å². The number of amides is 2. The average Bonchev–Trinajstić information content (AvgIpc) is 2.76. The number of ketones is 1. The maximum atomic E-state index is 14.0. The van der Waals surface area contributed by atoms with Gasteiger partial charge < -0.3 is 4.79 Å². The van der Waals surface area contributed by atoms with Crippen LogP contribution in [-0.2, 0) is 4.79 Å². The van der Waals surface area contributed by atoms with Gasteiger partial charge in [-0.3, -0.25) is 14.5 Å². The summed E-state index contributed by atoms with van der Waals surface area (Å²) in [7, 11) is 0. The summed E-state index contributed by atoms with van der Waals surface area (Å²) < 4.78 is 136. The number of halogens is 10. The van der Waals surface area contributed by atoms with E-state index in [-0.39, 0.29) is 0 Å². The zero-order chi connectivity index (χ0) is 25.4. The molecule has 0 aliphatic heterocycles. The van der Waals surface area contributed by atoms with Crippen LogP contribution in [0.2, 0.25) is 0 Å². The largest absolute Gasteiger partial charge is 0.300 e. The third-order valence-corrected chi connectivity index (χ3v) is 4.25.